The maximum atomic E-state index is 13.4. The highest BCUT2D eigenvalue weighted by Crippen LogP contribution is 2.21. The molecular formula is C19H23FN4O2. The summed E-state index contributed by atoms with van der Waals surface area (Å²) in [5, 5.41) is 0.202. The third kappa shape index (κ3) is 3.35. The first-order valence-electron chi connectivity index (χ1n) is 9.28. The number of amides is 1. The van der Waals surface area contributed by atoms with E-state index in [9.17, 15) is 14.0 Å². The SMILES string of the molecule is O=C(Cn1cnc2ccc(F)cc2c1=O)N1CCC(N2CCCC2)CC1. The quantitative estimate of drug-likeness (QED) is 0.837. The van der Waals surface area contributed by atoms with Crippen LogP contribution >= 0.6 is 0 Å². The van der Waals surface area contributed by atoms with Crippen LogP contribution in [0.2, 0.25) is 0 Å². The Morgan fingerprint density at radius 1 is 1.15 bits per heavy atom. The van der Waals surface area contributed by atoms with E-state index in [-0.39, 0.29) is 23.4 Å². The third-order valence-electron chi connectivity index (χ3n) is 5.57. The van der Waals surface area contributed by atoms with Crippen molar-refractivity contribution in [1.82, 2.24) is 19.4 Å². The molecule has 138 valence electrons. The fraction of sp³-hybridized carbons (Fsp3) is 0.526. The van der Waals surface area contributed by atoms with E-state index in [1.165, 1.54) is 55.0 Å². The van der Waals surface area contributed by atoms with Gasteiger partial charge in [-0.15, -0.1) is 0 Å². The van der Waals surface area contributed by atoms with Crippen LogP contribution in [0.5, 0.6) is 0 Å². The Morgan fingerprint density at radius 2 is 1.88 bits per heavy atom. The van der Waals surface area contributed by atoms with E-state index < -0.39 is 5.82 Å². The highest BCUT2D eigenvalue weighted by molar-refractivity contribution is 5.79. The molecule has 6 nitrogen and oxygen atoms in total. The molecule has 3 heterocycles. The number of fused-ring (bicyclic) bond motifs is 1. The molecule has 0 atom stereocenters. The first kappa shape index (κ1) is 17.1. The monoisotopic (exact) mass is 358 g/mol. The highest BCUT2D eigenvalue weighted by Gasteiger charge is 2.28. The van der Waals surface area contributed by atoms with Crippen molar-refractivity contribution < 1.29 is 9.18 Å². The number of aromatic nitrogens is 2. The third-order valence-corrected chi connectivity index (χ3v) is 5.57. The maximum absolute atomic E-state index is 13.4. The normalized spacial score (nSPS) is 19.3. The van der Waals surface area contributed by atoms with Crippen LogP contribution in [0.3, 0.4) is 0 Å². The predicted octanol–water partition coefficient (Wildman–Crippen LogP) is 1.62. The first-order chi connectivity index (χ1) is 12.6. The van der Waals surface area contributed by atoms with E-state index in [0.717, 1.165) is 25.9 Å². The Kier molecular flexibility index (Phi) is 4.72. The largest absolute Gasteiger partial charge is 0.341 e. The Hall–Kier alpha value is -2.28. The van der Waals surface area contributed by atoms with Crippen LogP contribution in [0.4, 0.5) is 4.39 Å². The molecule has 0 radical (unpaired) electrons. The summed E-state index contributed by atoms with van der Waals surface area (Å²) in [5.74, 6) is -0.561. The van der Waals surface area contributed by atoms with Gasteiger partial charge >= 0.3 is 0 Å². The van der Waals surface area contributed by atoms with Crippen LogP contribution < -0.4 is 5.56 Å². The van der Waals surface area contributed by atoms with Crippen LogP contribution in [0.25, 0.3) is 10.9 Å². The van der Waals surface area contributed by atoms with Gasteiger partial charge in [0.05, 0.1) is 17.2 Å². The van der Waals surface area contributed by atoms with Crippen molar-refractivity contribution in [3.05, 3.63) is 40.7 Å². The van der Waals surface area contributed by atoms with Crippen molar-refractivity contribution in [2.45, 2.75) is 38.3 Å². The molecule has 1 amide bonds. The van der Waals surface area contributed by atoms with Gasteiger partial charge in [0.15, 0.2) is 0 Å². The number of carbonyl (C=O) groups excluding carboxylic acids is 1. The van der Waals surface area contributed by atoms with E-state index in [1.54, 1.807) is 0 Å². The van der Waals surface area contributed by atoms with Gasteiger partial charge in [-0.2, -0.15) is 0 Å². The zero-order valence-corrected chi connectivity index (χ0v) is 14.7. The molecule has 0 unspecified atom stereocenters. The van der Waals surface area contributed by atoms with Gasteiger partial charge in [-0.1, -0.05) is 0 Å². The van der Waals surface area contributed by atoms with Crippen molar-refractivity contribution in [3.8, 4) is 0 Å². The lowest BCUT2D eigenvalue weighted by Crippen LogP contribution is -2.47. The van der Waals surface area contributed by atoms with E-state index in [0.29, 0.717) is 11.6 Å². The number of hydrogen-bond acceptors (Lipinski definition) is 4. The topological polar surface area (TPSA) is 58.4 Å². The fourth-order valence-electron chi connectivity index (χ4n) is 4.08. The smallest absolute Gasteiger partial charge is 0.261 e. The van der Waals surface area contributed by atoms with Crippen LogP contribution in [0.1, 0.15) is 25.7 Å². The average Bonchev–Trinajstić information content (AvgIpc) is 3.19. The number of likely N-dealkylation sites (tertiary alicyclic amines) is 2. The Balaban J connectivity index is 1.43. The van der Waals surface area contributed by atoms with Gasteiger partial charge < -0.3 is 9.80 Å². The van der Waals surface area contributed by atoms with Crippen molar-refractivity contribution in [2.75, 3.05) is 26.2 Å². The summed E-state index contributed by atoms with van der Waals surface area (Å²) >= 11 is 0. The standard InChI is InChI=1S/C19H23FN4O2/c20-14-3-4-17-16(11-14)19(26)24(13-21-17)12-18(25)23-9-5-15(6-10-23)22-7-1-2-8-22/h3-4,11,13,15H,1-2,5-10,12H2. The molecule has 0 N–H and O–H groups in total. The van der Waals surface area contributed by atoms with E-state index in [2.05, 4.69) is 9.88 Å². The number of piperidine rings is 1. The summed E-state index contributed by atoms with van der Waals surface area (Å²) in [5.41, 5.74) is 0.0568. The molecule has 7 heteroatoms. The van der Waals surface area contributed by atoms with Crippen molar-refractivity contribution in [1.29, 1.82) is 0 Å². The van der Waals surface area contributed by atoms with Gasteiger partial charge in [-0.05, 0) is 57.0 Å². The van der Waals surface area contributed by atoms with Gasteiger partial charge in [0.25, 0.3) is 5.56 Å². The molecule has 0 saturated carbocycles. The van der Waals surface area contributed by atoms with E-state index in [4.69, 9.17) is 0 Å². The van der Waals surface area contributed by atoms with Gasteiger partial charge in [-0.3, -0.25) is 14.2 Å². The summed E-state index contributed by atoms with van der Waals surface area (Å²) in [4.78, 5) is 33.6. The molecule has 26 heavy (non-hydrogen) atoms. The van der Waals surface area contributed by atoms with Crippen LogP contribution in [-0.4, -0.2) is 57.5 Å². The van der Waals surface area contributed by atoms with Crippen LogP contribution in [0, 0.1) is 5.82 Å². The molecule has 0 spiro atoms. The second-order valence-electron chi connectivity index (χ2n) is 7.19. The average molecular weight is 358 g/mol. The maximum Gasteiger partial charge on any atom is 0.261 e. The van der Waals surface area contributed by atoms with Gasteiger partial charge in [-0.25, -0.2) is 9.37 Å². The molecular weight excluding hydrogens is 335 g/mol. The van der Waals surface area contributed by atoms with Crippen molar-refractivity contribution >= 4 is 16.8 Å². The number of nitrogens with zero attached hydrogens (tertiary/aromatic N) is 4. The Bertz CT molecular complexity index is 867. The molecule has 4 rings (SSSR count). The lowest BCUT2D eigenvalue weighted by Gasteiger charge is -2.36. The Morgan fingerprint density at radius 3 is 2.62 bits per heavy atom. The molecule has 0 bridgehead atoms. The minimum absolute atomic E-state index is 0.0489. The highest BCUT2D eigenvalue weighted by atomic mass is 19.1. The van der Waals surface area contributed by atoms with Gasteiger partial charge in [0, 0.05) is 19.1 Å². The van der Waals surface area contributed by atoms with E-state index >= 15 is 0 Å². The van der Waals surface area contributed by atoms with Gasteiger partial charge in [0.1, 0.15) is 12.4 Å². The van der Waals surface area contributed by atoms with Crippen molar-refractivity contribution in [2.24, 2.45) is 0 Å². The van der Waals surface area contributed by atoms with Crippen molar-refractivity contribution in [3.63, 3.8) is 0 Å². The number of benzene rings is 1. The Labute approximate surface area is 151 Å². The lowest BCUT2D eigenvalue weighted by molar-refractivity contribution is -0.133. The van der Waals surface area contributed by atoms with E-state index in [1.807, 2.05) is 4.90 Å². The van der Waals surface area contributed by atoms with Gasteiger partial charge in [0.2, 0.25) is 5.91 Å². The summed E-state index contributed by atoms with van der Waals surface area (Å²) in [6.45, 7) is 3.75. The molecule has 1 aromatic heterocycles. The van der Waals surface area contributed by atoms with Crippen LogP contribution in [-0.2, 0) is 11.3 Å². The number of carbonyl (C=O) groups is 1. The summed E-state index contributed by atoms with van der Waals surface area (Å²) in [6, 6.07) is 4.50. The molecule has 2 aromatic rings. The second-order valence-corrected chi connectivity index (χ2v) is 7.19. The molecule has 2 aliphatic heterocycles. The summed E-state index contributed by atoms with van der Waals surface area (Å²) in [7, 11) is 0. The lowest BCUT2D eigenvalue weighted by atomic mass is 10.0. The molecule has 2 fully saturated rings. The first-order valence-corrected chi connectivity index (χ1v) is 9.28. The summed E-state index contributed by atoms with van der Waals surface area (Å²) < 4.78 is 14.7. The zero-order chi connectivity index (χ0) is 18.1. The number of rotatable bonds is 3. The zero-order valence-electron chi connectivity index (χ0n) is 14.7. The molecule has 1 aromatic carbocycles. The number of hydrogen-bond donors (Lipinski definition) is 0. The van der Waals surface area contributed by atoms with Crippen LogP contribution in [0.15, 0.2) is 29.3 Å². The number of halogens is 1. The summed E-state index contributed by atoms with van der Waals surface area (Å²) in [6.07, 6.45) is 5.90. The fourth-order valence-corrected chi connectivity index (χ4v) is 4.08. The minimum Gasteiger partial charge on any atom is -0.341 e. The molecule has 2 saturated heterocycles. The molecule has 0 aliphatic carbocycles. The predicted molar refractivity (Wildman–Crippen MR) is 96.4 cm³/mol. The molecule has 2 aliphatic rings. The second kappa shape index (κ2) is 7.15. The minimum atomic E-state index is -0.482.